The Morgan fingerprint density at radius 1 is 1.47 bits per heavy atom. The molecule has 19 heavy (non-hydrogen) atoms. The molecule has 1 aromatic rings. The highest BCUT2D eigenvalue weighted by molar-refractivity contribution is 5.73. The van der Waals surface area contributed by atoms with Gasteiger partial charge in [0.2, 0.25) is 5.91 Å². The van der Waals surface area contributed by atoms with E-state index in [0.717, 1.165) is 18.7 Å². The highest BCUT2D eigenvalue weighted by Crippen LogP contribution is 2.29. The molecular formula is C12H14F3N3O. The number of alkyl halides is 3. The minimum Gasteiger partial charge on any atom is -0.354 e. The molecule has 0 aliphatic carbocycles. The molecule has 1 amide bonds. The number of amides is 1. The van der Waals surface area contributed by atoms with Crippen LogP contribution in [-0.4, -0.2) is 30.0 Å². The van der Waals surface area contributed by atoms with E-state index in [-0.39, 0.29) is 11.9 Å². The molecular weight excluding hydrogens is 259 g/mol. The zero-order valence-electron chi connectivity index (χ0n) is 10.4. The van der Waals surface area contributed by atoms with Crippen LogP contribution < -0.4 is 10.2 Å². The number of halogens is 3. The lowest BCUT2D eigenvalue weighted by molar-refractivity contribution is -0.137. The standard InChI is InChI=1S/C12H14F3N3O/c1-8(19)17-10-4-5-18(7-10)11-3-2-9(6-16-11)12(13,14)15/h2-3,6,10H,4-5,7H2,1H3,(H,17,19)/t10-/m0/s1. The van der Waals surface area contributed by atoms with Crippen molar-refractivity contribution in [3.63, 3.8) is 0 Å². The average Bonchev–Trinajstić information content (AvgIpc) is 2.75. The number of carbonyl (C=O) groups is 1. The Labute approximate surface area is 108 Å². The minimum absolute atomic E-state index is 0.0293. The Morgan fingerprint density at radius 3 is 2.74 bits per heavy atom. The number of rotatable bonds is 2. The van der Waals surface area contributed by atoms with E-state index in [1.165, 1.54) is 13.0 Å². The van der Waals surface area contributed by atoms with Crippen molar-refractivity contribution in [1.82, 2.24) is 10.3 Å². The van der Waals surface area contributed by atoms with E-state index in [1.807, 2.05) is 4.90 Å². The monoisotopic (exact) mass is 273 g/mol. The second kappa shape index (κ2) is 5.07. The van der Waals surface area contributed by atoms with Crippen molar-refractivity contribution in [2.24, 2.45) is 0 Å². The molecule has 0 saturated carbocycles. The second-order valence-corrected chi connectivity index (χ2v) is 4.53. The molecule has 7 heteroatoms. The Bertz CT molecular complexity index is 458. The van der Waals surface area contributed by atoms with Crippen LogP contribution in [-0.2, 0) is 11.0 Å². The van der Waals surface area contributed by atoms with Crippen molar-refractivity contribution >= 4 is 11.7 Å². The van der Waals surface area contributed by atoms with E-state index >= 15 is 0 Å². The first-order chi connectivity index (χ1) is 8.86. The molecule has 1 atom stereocenters. The summed E-state index contributed by atoms with van der Waals surface area (Å²) < 4.78 is 37.2. The molecule has 1 aliphatic heterocycles. The number of hydrogen-bond donors (Lipinski definition) is 1. The average molecular weight is 273 g/mol. The summed E-state index contributed by atoms with van der Waals surface area (Å²) in [6, 6.07) is 2.41. The molecule has 1 aromatic heterocycles. The molecule has 1 fully saturated rings. The molecule has 2 rings (SSSR count). The number of nitrogens with one attached hydrogen (secondary N) is 1. The van der Waals surface area contributed by atoms with E-state index in [0.29, 0.717) is 18.9 Å². The number of hydrogen-bond acceptors (Lipinski definition) is 3. The normalized spacial score (nSPS) is 19.6. The lowest BCUT2D eigenvalue weighted by Gasteiger charge is -2.18. The van der Waals surface area contributed by atoms with Gasteiger partial charge in [0, 0.05) is 32.3 Å². The van der Waals surface area contributed by atoms with Gasteiger partial charge in [-0.2, -0.15) is 13.2 Å². The van der Waals surface area contributed by atoms with E-state index < -0.39 is 11.7 Å². The Hall–Kier alpha value is -1.79. The highest BCUT2D eigenvalue weighted by atomic mass is 19.4. The number of anilines is 1. The molecule has 2 heterocycles. The van der Waals surface area contributed by atoms with Crippen molar-refractivity contribution in [1.29, 1.82) is 0 Å². The lowest BCUT2D eigenvalue weighted by Crippen LogP contribution is -2.35. The van der Waals surface area contributed by atoms with Crippen LogP contribution in [0.2, 0.25) is 0 Å². The van der Waals surface area contributed by atoms with Gasteiger partial charge < -0.3 is 10.2 Å². The van der Waals surface area contributed by atoms with Crippen LogP contribution in [0.4, 0.5) is 19.0 Å². The fourth-order valence-electron chi connectivity index (χ4n) is 2.11. The third kappa shape index (κ3) is 3.36. The SMILES string of the molecule is CC(=O)N[C@H]1CCN(c2ccc(C(F)(F)F)cn2)C1. The summed E-state index contributed by atoms with van der Waals surface area (Å²) in [4.78, 5) is 16.6. The van der Waals surface area contributed by atoms with Crippen molar-refractivity contribution < 1.29 is 18.0 Å². The number of carbonyl (C=O) groups excluding carboxylic acids is 1. The summed E-state index contributed by atoms with van der Waals surface area (Å²) in [6.07, 6.45) is -2.77. The summed E-state index contributed by atoms with van der Waals surface area (Å²) in [6.45, 7) is 2.68. The zero-order valence-corrected chi connectivity index (χ0v) is 10.4. The van der Waals surface area contributed by atoms with Crippen LogP contribution in [0, 0.1) is 0 Å². The molecule has 1 aliphatic rings. The maximum absolute atomic E-state index is 12.4. The van der Waals surface area contributed by atoms with Gasteiger partial charge in [-0.15, -0.1) is 0 Å². The van der Waals surface area contributed by atoms with Gasteiger partial charge in [0.05, 0.1) is 5.56 Å². The molecule has 0 radical (unpaired) electrons. The molecule has 1 saturated heterocycles. The van der Waals surface area contributed by atoms with Crippen molar-refractivity contribution in [2.45, 2.75) is 25.6 Å². The quantitative estimate of drug-likeness (QED) is 0.894. The van der Waals surface area contributed by atoms with Crippen LogP contribution in [0.15, 0.2) is 18.3 Å². The lowest BCUT2D eigenvalue weighted by atomic mass is 10.2. The Balaban J connectivity index is 2.02. The first-order valence-electron chi connectivity index (χ1n) is 5.91. The number of nitrogens with zero attached hydrogens (tertiary/aromatic N) is 2. The van der Waals surface area contributed by atoms with Crippen LogP contribution in [0.1, 0.15) is 18.9 Å². The summed E-state index contributed by atoms with van der Waals surface area (Å²) in [7, 11) is 0. The van der Waals surface area contributed by atoms with Gasteiger partial charge in [-0.3, -0.25) is 4.79 Å². The van der Waals surface area contributed by atoms with Gasteiger partial charge in [0.1, 0.15) is 5.82 Å². The van der Waals surface area contributed by atoms with E-state index in [1.54, 1.807) is 0 Å². The number of pyridine rings is 1. The van der Waals surface area contributed by atoms with Crippen molar-refractivity contribution in [2.75, 3.05) is 18.0 Å². The molecule has 4 nitrogen and oxygen atoms in total. The van der Waals surface area contributed by atoms with Crippen LogP contribution in [0.5, 0.6) is 0 Å². The molecule has 1 N–H and O–H groups in total. The third-order valence-corrected chi connectivity index (χ3v) is 2.99. The summed E-state index contributed by atoms with van der Waals surface area (Å²) in [5.41, 5.74) is -0.756. The van der Waals surface area contributed by atoms with Gasteiger partial charge >= 0.3 is 6.18 Å². The van der Waals surface area contributed by atoms with Crippen LogP contribution in [0.25, 0.3) is 0 Å². The Kier molecular flexibility index (Phi) is 3.64. The van der Waals surface area contributed by atoms with Gasteiger partial charge in [-0.25, -0.2) is 4.98 Å². The minimum atomic E-state index is -4.37. The first kappa shape index (κ1) is 13.6. The van der Waals surface area contributed by atoms with Gasteiger partial charge in [-0.1, -0.05) is 0 Å². The zero-order chi connectivity index (χ0) is 14.0. The van der Waals surface area contributed by atoms with Crippen molar-refractivity contribution in [3.05, 3.63) is 23.9 Å². The summed E-state index contributed by atoms with van der Waals surface area (Å²) >= 11 is 0. The Morgan fingerprint density at radius 2 is 2.21 bits per heavy atom. The van der Waals surface area contributed by atoms with Crippen LogP contribution >= 0.6 is 0 Å². The molecule has 104 valence electrons. The fourth-order valence-corrected chi connectivity index (χ4v) is 2.11. The number of aromatic nitrogens is 1. The molecule has 0 unspecified atom stereocenters. The topological polar surface area (TPSA) is 45.2 Å². The fraction of sp³-hybridized carbons (Fsp3) is 0.500. The van der Waals surface area contributed by atoms with E-state index in [9.17, 15) is 18.0 Å². The largest absolute Gasteiger partial charge is 0.417 e. The maximum Gasteiger partial charge on any atom is 0.417 e. The molecule has 0 bridgehead atoms. The van der Waals surface area contributed by atoms with E-state index in [4.69, 9.17) is 0 Å². The van der Waals surface area contributed by atoms with Gasteiger partial charge in [0.15, 0.2) is 0 Å². The summed E-state index contributed by atoms with van der Waals surface area (Å²) in [5, 5.41) is 2.79. The van der Waals surface area contributed by atoms with Crippen LogP contribution in [0.3, 0.4) is 0 Å². The van der Waals surface area contributed by atoms with Gasteiger partial charge in [0.25, 0.3) is 0 Å². The maximum atomic E-state index is 12.4. The second-order valence-electron chi connectivity index (χ2n) is 4.53. The summed E-state index contributed by atoms with van der Waals surface area (Å²) in [5.74, 6) is 0.396. The smallest absolute Gasteiger partial charge is 0.354 e. The van der Waals surface area contributed by atoms with Gasteiger partial charge in [-0.05, 0) is 18.6 Å². The molecule has 0 aromatic carbocycles. The predicted octanol–water partition coefficient (Wildman–Crippen LogP) is 1.82. The third-order valence-electron chi connectivity index (χ3n) is 2.99. The highest BCUT2D eigenvalue weighted by Gasteiger charge is 2.31. The predicted molar refractivity (Wildman–Crippen MR) is 63.7 cm³/mol. The first-order valence-corrected chi connectivity index (χ1v) is 5.91. The van der Waals surface area contributed by atoms with Crippen molar-refractivity contribution in [3.8, 4) is 0 Å². The molecule has 0 spiro atoms. The van der Waals surface area contributed by atoms with E-state index in [2.05, 4.69) is 10.3 Å².